The summed E-state index contributed by atoms with van der Waals surface area (Å²) in [5, 5.41) is 3.42. The zero-order valence-electron chi connectivity index (χ0n) is 8.72. The predicted octanol–water partition coefficient (Wildman–Crippen LogP) is 2.04. The molecule has 0 saturated carbocycles. The predicted molar refractivity (Wildman–Crippen MR) is 60.4 cm³/mol. The Bertz CT molecular complexity index is 314. The number of benzene rings is 1. The molecule has 1 saturated heterocycles. The molecule has 0 bridgehead atoms. The van der Waals surface area contributed by atoms with E-state index in [-0.39, 0.29) is 0 Å². The Morgan fingerprint density at radius 2 is 2.29 bits per heavy atom. The summed E-state index contributed by atoms with van der Waals surface area (Å²) >= 11 is 0. The Morgan fingerprint density at radius 3 is 3.00 bits per heavy atom. The second-order valence-corrected chi connectivity index (χ2v) is 4.12. The molecule has 0 radical (unpaired) electrons. The van der Waals surface area contributed by atoms with Crippen molar-refractivity contribution >= 4 is 5.69 Å². The number of para-hydroxylation sites is 1. The van der Waals surface area contributed by atoms with Crippen LogP contribution in [0.2, 0.25) is 0 Å². The lowest BCUT2D eigenvalue weighted by molar-refractivity contribution is 0.462. The van der Waals surface area contributed by atoms with Crippen molar-refractivity contribution in [3.8, 4) is 0 Å². The molecule has 1 heterocycles. The molecule has 1 atom stereocenters. The van der Waals surface area contributed by atoms with Crippen molar-refractivity contribution in [3.63, 3.8) is 0 Å². The summed E-state index contributed by atoms with van der Waals surface area (Å²) in [5.41, 5.74) is 9.61. The first-order chi connectivity index (χ1) is 6.79. The van der Waals surface area contributed by atoms with Crippen molar-refractivity contribution < 1.29 is 0 Å². The smallest absolute Gasteiger partial charge is 0.0379 e. The van der Waals surface area contributed by atoms with Gasteiger partial charge in [0, 0.05) is 12.2 Å². The molecule has 1 aliphatic heterocycles. The molecule has 1 fully saturated rings. The minimum absolute atomic E-state index is 0.614. The SMILES string of the molecule is Cc1cccc(C2CCCNC2)c1N. The van der Waals surface area contributed by atoms with Crippen LogP contribution in [0.15, 0.2) is 18.2 Å². The van der Waals surface area contributed by atoms with E-state index < -0.39 is 0 Å². The number of hydrogen-bond acceptors (Lipinski definition) is 2. The lowest BCUT2D eigenvalue weighted by atomic mass is 9.89. The van der Waals surface area contributed by atoms with Gasteiger partial charge in [0.25, 0.3) is 0 Å². The molecular weight excluding hydrogens is 172 g/mol. The van der Waals surface area contributed by atoms with Crippen LogP contribution in [0, 0.1) is 6.92 Å². The quantitative estimate of drug-likeness (QED) is 0.665. The Labute approximate surface area is 85.5 Å². The van der Waals surface area contributed by atoms with Crippen molar-refractivity contribution in [2.24, 2.45) is 0 Å². The Balaban J connectivity index is 2.26. The highest BCUT2D eigenvalue weighted by atomic mass is 14.9. The molecular formula is C12H18N2. The number of anilines is 1. The van der Waals surface area contributed by atoms with E-state index in [2.05, 4.69) is 30.4 Å². The number of nitrogens with two attached hydrogens (primary N) is 1. The number of hydrogen-bond donors (Lipinski definition) is 2. The van der Waals surface area contributed by atoms with E-state index in [1.807, 2.05) is 0 Å². The van der Waals surface area contributed by atoms with Crippen LogP contribution in [0.25, 0.3) is 0 Å². The van der Waals surface area contributed by atoms with Crippen LogP contribution in [-0.2, 0) is 0 Å². The minimum atomic E-state index is 0.614. The molecule has 2 heteroatoms. The molecule has 1 aromatic rings. The van der Waals surface area contributed by atoms with Gasteiger partial charge in [-0.3, -0.25) is 0 Å². The molecule has 2 rings (SSSR count). The maximum atomic E-state index is 6.09. The maximum Gasteiger partial charge on any atom is 0.0379 e. The summed E-state index contributed by atoms with van der Waals surface area (Å²) < 4.78 is 0. The summed E-state index contributed by atoms with van der Waals surface area (Å²) in [5.74, 6) is 0.614. The summed E-state index contributed by atoms with van der Waals surface area (Å²) in [6.45, 7) is 4.31. The molecule has 14 heavy (non-hydrogen) atoms. The number of aryl methyl sites for hydroxylation is 1. The number of rotatable bonds is 1. The largest absolute Gasteiger partial charge is 0.398 e. The van der Waals surface area contributed by atoms with E-state index >= 15 is 0 Å². The molecule has 2 nitrogen and oxygen atoms in total. The van der Waals surface area contributed by atoms with Crippen LogP contribution < -0.4 is 11.1 Å². The second-order valence-electron chi connectivity index (χ2n) is 4.12. The third-order valence-electron chi connectivity index (χ3n) is 3.09. The molecule has 0 aliphatic carbocycles. The fraction of sp³-hybridized carbons (Fsp3) is 0.500. The molecule has 1 unspecified atom stereocenters. The van der Waals surface area contributed by atoms with Crippen LogP contribution >= 0.6 is 0 Å². The summed E-state index contributed by atoms with van der Waals surface area (Å²) in [6, 6.07) is 6.35. The van der Waals surface area contributed by atoms with Crippen LogP contribution in [0.1, 0.15) is 29.9 Å². The fourth-order valence-corrected chi connectivity index (χ4v) is 2.18. The van der Waals surface area contributed by atoms with E-state index in [0.717, 1.165) is 18.8 Å². The summed E-state index contributed by atoms with van der Waals surface area (Å²) in [4.78, 5) is 0. The van der Waals surface area contributed by atoms with Crippen LogP contribution in [0.4, 0.5) is 5.69 Å². The van der Waals surface area contributed by atoms with Gasteiger partial charge in [-0.1, -0.05) is 18.2 Å². The topological polar surface area (TPSA) is 38.0 Å². The van der Waals surface area contributed by atoms with E-state index in [0.29, 0.717) is 5.92 Å². The van der Waals surface area contributed by atoms with Crippen LogP contribution in [0.5, 0.6) is 0 Å². The van der Waals surface area contributed by atoms with Crippen molar-refractivity contribution in [1.29, 1.82) is 0 Å². The van der Waals surface area contributed by atoms with E-state index in [1.165, 1.54) is 24.0 Å². The van der Waals surface area contributed by atoms with Crippen molar-refractivity contribution in [2.75, 3.05) is 18.8 Å². The molecule has 0 aromatic heterocycles. The maximum absolute atomic E-state index is 6.09. The van der Waals surface area contributed by atoms with E-state index in [1.54, 1.807) is 0 Å². The van der Waals surface area contributed by atoms with Gasteiger partial charge in [0.05, 0.1) is 0 Å². The van der Waals surface area contributed by atoms with Gasteiger partial charge < -0.3 is 11.1 Å². The van der Waals surface area contributed by atoms with Gasteiger partial charge in [-0.05, 0) is 43.4 Å². The molecule has 1 aliphatic rings. The monoisotopic (exact) mass is 190 g/mol. The molecule has 1 aromatic carbocycles. The highest BCUT2D eigenvalue weighted by molar-refractivity contribution is 5.54. The van der Waals surface area contributed by atoms with Gasteiger partial charge in [-0.15, -0.1) is 0 Å². The lowest BCUT2D eigenvalue weighted by Gasteiger charge is -2.24. The Morgan fingerprint density at radius 1 is 1.43 bits per heavy atom. The summed E-state index contributed by atoms with van der Waals surface area (Å²) in [6.07, 6.45) is 2.53. The highest BCUT2D eigenvalue weighted by Crippen LogP contribution is 2.29. The number of nitrogens with one attached hydrogen (secondary N) is 1. The number of piperidine rings is 1. The standard InChI is InChI=1S/C12H18N2/c1-9-4-2-6-11(12(9)13)10-5-3-7-14-8-10/h2,4,6,10,14H,3,5,7-8,13H2,1H3. The fourth-order valence-electron chi connectivity index (χ4n) is 2.18. The van der Waals surface area contributed by atoms with Gasteiger partial charge in [-0.25, -0.2) is 0 Å². The van der Waals surface area contributed by atoms with Crippen molar-refractivity contribution in [1.82, 2.24) is 5.32 Å². The molecule has 0 amide bonds. The van der Waals surface area contributed by atoms with Crippen molar-refractivity contribution in [3.05, 3.63) is 29.3 Å². The van der Waals surface area contributed by atoms with Gasteiger partial charge in [0.2, 0.25) is 0 Å². The Hall–Kier alpha value is -1.02. The first-order valence-electron chi connectivity index (χ1n) is 5.34. The van der Waals surface area contributed by atoms with Crippen molar-refractivity contribution in [2.45, 2.75) is 25.7 Å². The first-order valence-corrected chi connectivity index (χ1v) is 5.34. The van der Waals surface area contributed by atoms with Crippen LogP contribution in [0.3, 0.4) is 0 Å². The Kier molecular flexibility index (Phi) is 2.73. The van der Waals surface area contributed by atoms with E-state index in [4.69, 9.17) is 5.73 Å². The third-order valence-corrected chi connectivity index (χ3v) is 3.09. The lowest BCUT2D eigenvalue weighted by Crippen LogP contribution is -2.28. The molecule has 76 valence electrons. The molecule has 3 N–H and O–H groups in total. The zero-order valence-corrected chi connectivity index (χ0v) is 8.72. The highest BCUT2D eigenvalue weighted by Gasteiger charge is 2.17. The molecule has 0 spiro atoms. The van der Waals surface area contributed by atoms with E-state index in [9.17, 15) is 0 Å². The van der Waals surface area contributed by atoms with Gasteiger partial charge in [-0.2, -0.15) is 0 Å². The van der Waals surface area contributed by atoms with Gasteiger partial charge in [0.1, 0.15) is 0 Å². The summed E-state index contributed by atoms with van der Waals surface area (Å²) in [7, 11) is 0. The van der Waals surface area contributed by atoms with Crippen LogP contribution in [-0.4, -0.2) is 13.1 Å². The first kappa shape index (κ1) is 9.53. The third kappa shape index (κ3) is 1.75. The van der Waals surface area contributed by atoms with Gasteiger partial charge >= 0.3 is 0 Å². The zero-order chi connectivity index (χ0) is 9.97. The minimum Gasteiger partial charge on any atom is -0.398 e. The second kappa shape index (κ2) is 4.01. The average Bonchev–Trinajstić information content (AvgIpc) is 2.23. The van der Waals surface area contributed by atoms with Gasteiger partial charge in [0.15, 0.2) is 0 Å². The average molecular weight is 190 g/mol. The normalized spacial score (nSPS) is 22.2. The number of nitrogen functional groups attached to an aromatic ring is 1.